The number of amides is 2. The number of piperazine rings is 1. The zero-order valence-electron chi connectivity index (χ0n) is 37.0. The van der Waals surface area contributed by atoms with Crippen LogP contribution in [0.25, 0.3) is 10.8 Å². The highest BCUT2D eigenvalue weighted by molar-refractivity contribution is 6.74. The number of likely N-dealkylation sites (tertiary alicyclic amines) is 1. The summed E-state index contributed by atoms with van der Waals surface area (Å²) in [7, 11) is -2.23. The Hall–Kier alpha value is -5.39. The van der Waals surface area contributed by atoms with Crippen molar-refractivity contribution in [3.05, 3.63) is 89.6 Å². The van der Waals surface area contributed by atoms with Crippen molar-refractivity contribution < 1.29 is 28.2 Å². The topological polar surface area (TPSA) is 134 Å². The number of benzene rings is 3. The van der Waals surface area contributed by atoms with Gasteiger partial charge in [0.15, 0.2) is 8.32 Å². The molecule has 0 N–H and O–H groups in total. The van der Waals surface area contributed by atoms with Gasteiger partial charge in [-0.3, -0.25) is 4.90 Å². The first-order chi connectivity index (χ1) is 29.0. The Morgan fingerprint density at radius 3 is 2.33 bits per heavy atom. The van der Waals surface area contributed by atoms with Crippen molar-refractivity contribution in [1.82, 2.24) is 19.8 Å². The molecule has 3 aliphatic rings. The largest absolute Gasteiger partial charge is 0.461 e. The molecule has 3 atom stereocenters. The molecule has 0 radical (unpaired) electrons. The minimum Gasteiger partial charge on any atom is -0.461 e. The number of hydrogen-bond acceptors (Lipinski definition) is 11. The number of ether oxygens (including phenoxy) is 3. The van der Waals surface area contributed by atoms with Crippen molar-refractivity contribution in [3.8, 4) is 12.1 Å². The summed E-state index contributed by atoms with van der Waals surface area (Å²) in [6.07, 6.45) is 0.393. The third kappa shape index (κ3) is 10.1. The summed E-state index contributed by atoms with van der Waals surface area (Å²) in [6.45, 7) is 20.0. The molecule has 0 saturated carbocycles. The first-order valence-corrected chi connectivity index (χ1v) is 24.4. The van der Waals surface area contributed by atoms with Crippen molar-refractivity contribution in [1.29, 1.82) is 5.26 Å². The third-order valence-electron chi connectivity index (χ3n) is 12.4. The fourth-order valence-corrected chi connectivity index (χ4v) is 9.58. The van der Waals surface area contributed by atoms with Gasteiger partial charge in [0.1, 0.15) is 24.6 Å². The summed E-state index contributed by atoms with van der Waals surface area (Å²) < 4.78 is 25.2. The average Bonchev–Trinajstić information content (AvgIpc) is 3.62. The molecule has 2 amide bonds. The van der Waals surface area contributed by atoms with Crippen LogP contribution in [0.1, 0.15) is 71.2 Å². The molecule has 14 heteroatoms. The van der Waals surface area contributed by atoms with Gasteiger partial charge in [0.2, 0.25) is 0 Å². The fourth-order valence-electron chi connectivity index (χ4n) is 8.20. The lowest BCUT2D eigenvalue weighted by atomic mass is 10.0. The van der Waals surface area contributed by atoms with E-state index >= 15 is 0 Å². The standard InChI is InChI=1S/C47H61N7O6Si/c1-46(2,3)59-45(56)54-26-23-41(60-61(7,8)47(4,5)6)40(54)32-57-43-49-38-30-51(39-20-14-18-34-17-12-13-19-36(34)39)25-22-37(38)42(50-43)52-27-28-53(35(29-52)21-24-48)44(55)58-31-33-15-10-9-11-16-33/h9-20,35,40-41H,21-23,25-32H2,1-8H3/t35-,40+,41?/m0/s1. The van der Waals surface area contributed by atoms with Crippen LogP contribution in [0.3, 0.4) is 0 Å². The van der Waals surface area contributed by atoms with Crippen LogP contribution in [0.15, 0.2) is 72.8 Å². The van der Waals surface area contributed by atoms with Crippen molar-refractivity contribution in [3.63, 3.8) is 0 Å². The molecule has 3 aromatic carbocycles. The van der Waals surface area contributed by atoms with Crippen LogP contribution < -0.4 is 14.5 Å². The second-order valence-electron chi connectivity index (χ2n) is 18.9. The maximum absolute atomic E-state index is 13.7. The average molecular weight is 848 g/mol. The molecule has 7 rings (SSSR count). The van der Waals surface area contributed by atoms with E-state index in [9.17, 15) is 14.9 Å². The lowest BCUT2D eigenvalue weighted by Gasteiger charge is -2.42. The predicted molar refractivity (Wildman–Crippen MR) is 239 cm³/mol. The van der Waals surface area contributed by atoms with Crippen LogP contribution in [0.2, 0.25) is 18.1 Å². The number of carbonyl (C=O) groups excluding carboxylic acids is 2. The zero-order valence-corrected chi connectivity index (χ0v) is 38.0. The summed E-state index contributed by atoms with van der Waals surface area (Å²) in [5, 5.41) is 12.2. The molecule has 1 unspecified atom stereocenters. The minimum atomic E-state index is -2.23. The Morgan fingerprint density at radius 2 is 1.59 bits per heavy atom. The highest BCUT2D eigenvalue weighted by atomic mass is 28.4. The van der Waals surface area contributed by atoms with Crippen LogP contribution in [0, 0.1) is 11.3 Å². The monoisotopic (exact) mass is 847 g/mol. The number of anilines is 2. The van der Waals surface area contributed by atoms with Crippen LogP contribution >= 0.6 is 0 Å². The van der Waals surface area contributed by atoms with Crippen molar-refractivity contribution in [2.45, 2.75) is 116 Å². The maximum Gasteiger partial charge on any atom is 0.410 e. The van der Waals surface area contributed by atoms with Gasteiger partial charge in [0, 0.05) is 49.4 Å². The van der Waals surface area contributed by atoms with E-state index < -0.39 is 38.2 Å². The second-order valence-corrected chi connectivity index (χ2v) is 23.6. The Morgan fingerprint density at radius 1 is 0.852 bits per heavy atom. The first-order valence-electron chi connectivity index (χ1n) is 21.5. The molecule has 2 fully saturated rings. The van der Waals surface area contributed by atoms with Crippen molar-refractivity contribution in [2.75, 3.05) is 49.1 Å². The van der Waals surface area contributed by atoms with Crippen LogP contribution in [-0.2, 0) is 33.5 Å². The number of fused-ring (bicyclic) bond motifs is 2. The maximum atomic E-state index is 13.7. The number of rotatable bonds is 10. The molecule has 1 aromatic heterocycles. The molecule has 13 nitrogen and oxygen atoms in total. The number of carbonyl (C=O) groups is 2. The molecule has 2 saturated heterocycles. The van der Waals surface area contributed by atoms with E-state index in [0.29, 0.717) is 45.6 Å². The number of aromatic nitrogens is 2. The van der Waals surface area contributed by atoms with E-state index in [2.05, 4.69) is 92.2 Å². The lowest BCUT2D eigenvalue weighted by molar-refractivity contribution is 0.00921. The summed E-state index contributed by atoms with van der Waals surface area (Å²) in [6, 6.07) is 26.0. The van der Waals surface area contributed by atoms with Gasteiger partial charge in [-0.1, -0.05) is 87.5 Å². The molecule has 0 spiro atoms. The highest BCUT2D eigenvalue weighted by Gasteiger charge is 2.46. The quantitative estimate of drug-likeness (QED) is 0.142. The molecule has 3 aliphatic heterocycles. The van der Waals surface area contributed by atoms with Crippen molar-refractivity contribution >= 4 is 42.8 Å². The normalized spacial score (nSPS) is 19.7. The van der Waals surface area contributed by atoms with E-state index in [1.807, 2.05) is 51.1 Å². The van der Waals surface area contributed by atoms with E-state index in [1.165, 1.54) is 10.8 Å². The second kappa shape index (κ2) is 17.9. The number of nitriles is 1. The van der Waals surface area contributed by atoms with Gasteiger partial charge in [-0.05, 0) is 68.8 Å². The van der Waals surface area contributed by atoms with Gasteiger partial charge in [-0.25, -0.2) is 9.59 Å². The molecule has 4 heterocycles. The predicted octanol–water partition coefficient (Wildman–Crippen LogP) is 8.71. The van der Waals surface area contributed by atoms with Crippen LogP contribution in [0.5, 0.6) is 6.01 Å². The zero-order chi connectivity index (χ0) is 43.5. The van der Waals surface area contributed by atoms with Crippen molar-refractivity contribution in [2.24, 2.45) is 0 Å². The molecule has 0 aliphatic carbocycles. The van der Waals surface area contributed by atoms with Crippen LogP contribution in [-0.4, -0.2) is 103 Å². The molecule has 4 aromatic rings. The summed E-state index contributed by atoms with van der Waals surface area (Å²) in [5.74, 6) is 0.738. The third-order valence-corrected chi connectivity index (χ3v) is 16.9. The van der Waals surface area contributed by atoms with Gasteiger partial charge in [0.25, 0.3) is 0 Å². The minimum absolute atomic E-state index is 0.0315. The van der Waals surface area contributed by atoms with Crippen LogP contribution in [0.4, 0.5) is 21.1 Å². The van der Waals surface area contributed by atoms with E-state index in [4.69, 9.17) is 28.6 Å². The van der Waals surface area contributed by atoms with Gasteiger partial charge < -0.3 is 33.3 Å². The summed E-state index contributed by atoms with van der Waals surface area (Å²) in [4.78, 5) is 45.3. The molecule has 61 heavy (non-hydrogen) atoms. The lowest BCUT2D eigenvalue weighted by Crippen LogP contribution is -2.55. The van der Waals surface area contributed by atoms with E-state index in [1.54, 1.807) is 9.80 Å². The molecule has 324 valence electrons. The highest BCUT2D eigenvalue weighted by Crippen LogP contribution is 2.40. The van der Waals surface area contributed by atoms with Gasteiger partial charge in [-0.2, -0.15) is 15.2 Å². The Bertz CT molecular complexity index is 2230. The number of nitrogens with zero attached hydrogens (tertiary/aromatic N) is 7. The number of hydrogen-bond donors (Lipinski definition) is 0. The smallest absolute Gasteiger partial charge is 0.410 e. The summed E-state index contributed by atoms with van der Waals surface area (Å²) >= 11 is 0. The van der Waals surface area contributed by atoms with Gasteiger partial charge in [0.05, 0.1) is 42.9 Å². The van der Waals surface area contributed by atoms with E-state index in [0.717, 1.165) is 34.9 Å². The molecular weight excluding hydrogens is 787 g/mol. The van der Waals surface area contributed by atoms with Gasteiger partial charge in [-0.15, -0.1) is 0 Å². The van der Waals surface area contributed by atoms with E-state index in [-0.39, 0.29) is 36.8 Å². The molecule has 0 bridgehead atoms. The van der Waals surface area contributed by atoms with Gasteiger partial charge >= 0.3 is 18.2 Å². The molecular formula is C47H61N7O6Si. The Balaban J connectivity index is 1.19. The summed E-state index contributed by atoms with van der Waals surface area (Å²) in [5.41, 5.74) is 3.24. The SMILES string of the molecule is CC(C)(C)OC(=O)N1CCC(O[Si](C)(C)C(C)(C)C)[C@H]1COc1nc2c(c(N3CCN(C(=O)OCc4ccccc4)[C@@H](CC#N)C3)n1)CCN(c1cccc3ccccc13)C2. The Kier molecular flexibility index (Phi) is 12.8. The fraction of sp³-hybridized carbons (Fsp3) is 0.511. The first kappa shape index (κ1) is 43.7. The Labute approximate surface area is 361 Å².